The van der Waals surface area contributed by atoms with Crippen molar-refractivity contribution in [2.24, 2.45) is 0 Å². The molecular formula is C10H16N2O3. The van der Waals surface area contributed by atoms with Gasteiger partial charge in [0.25, 0.3) is 0 Å². The first-order valence-electron chi connectivity index (χ1n) is 4.99. The number of amides is 1. The number of rotatable bonds is 3. The number of hydrogen-bond donors (Lipinski definition) is 1. The van der Waals surface area contributed by atoms with Crippen molar-refractivity contribution >= 4 is 6.09 Å². The lowest BCUT2D eigenvalue weighted by atomic mass is 9.91. The molecule has 0 aromatic carbocycles. The van der Waals surface area contributed by atoms with Gasteiger partial charge in [0.15, 0.2) is 11.3 Å². The Hall–Kier alpha value is -1.28. The molecule has 0 spiro atoms. The minimum absolute atomic E-state index is 0.186. The highest BCUT2D eigenvalue weighted by Crippen LogP contribution is 2.39. The molecule has 0 aromatic heterocycles. The molecule has 15 heavy (non-hydrogen) atoms. The average molecular weight is 212 g/mol. The normalized spacial score (nSPS) is 35.1. The van der Waals surface area contributed by atoms with Crippen LogP contribution in [-0.2, 0) is 4.74 Å². The third kappa shape index (κ3) is 1.65. The van der Waals surface area contributed by atoms with Crippen molar-refractivity contribution in [3.63, 3.8) is 0 Å². The third-order valence-corrected chi connectivity index (χ3v) is 3.18. The molecule has 0 aliphatic carbocycles. The smallest absolute Gasteiger partial charge is 0.412 e. The van der Waals surface area contributed by atoms with Crippen molar-refractivity contribution < 1.29 is 14.6 Å². The molecule has 1 N–H and O–H groups in total. The lowest BCUT2D eigenvalue weighted by Gasteiger charge is -2.36. The standard InChI is InChI=1S/C10H16N2O3/c1-4-9(2)10(3,14)12(7-5-6-11)8(13)15-9/h14H,4-5,7H2,1-3H3/t9-,10+/m0/s1. The van der Waals surface area contributed by atoms with E-state index in [0.29, 0.717) is 6.42 Å². The Bertz CT molecular complexity index is 308. The summed E-state index contributed by atoms with van der Waals surface area (Å²) in [7, 11) is 0. The third-order valence-electron chi connectivity index (χ3n) is 3.18. The molecule has 5 nitrogen and oxygen atoms in total. The molecule has 1 amide bonds. The van der Waals surface area contributed by atoms with E-state index >= 15 is 0 Å². The zero-order valence-electron chi connectivity index (χ0n) is 9.28. The van der Waals surface area contributed by atoms with Crippen molar-refractivity contribution in [2.45, 2.75) is 44.9 Å². The van der Waals surface area contributed by atoms with Crippen LogP contribution in [0.15, 0.2) is 0 Å². The fourth-order valence-electron chi connectivity index (χ4n) is 1.69. The minimum Gasteiger partial charge on any atom is -0.438 e. The van der Waals surface area contributed by atoms with Crippen LogP contribution in [0, 0.1) is 11.3 Å². The van der Waals surface area contributed by atoms with Crippen LogP contribution in [0.5, 0.6) is 0 Å². The Morgan fingerprint density at radius 1 is 1.60 bits per heavy atom. The summed E-state index contributed by atoms with van der Waals surface area (Å²) in [6.07, 6.45) is 0.152. The summed E-state index contributed by atoms with van der Waals surface area (Å²) in [6.45, 7) is 5.27. The largest absolute Gasteiger partial charge is 0.438 e. The van der Waals surface area contributed by atoms with Crippen LogP contribution < -0.4 is 0 Å². The van der Waals surface area contributed by atoms with E-state index in [2.05, 4.69) is 0 Å². The van der Waals surface area contributed by atoms with Crippen molar-refractivity contribution in [3.05, 3.63) is 0 Å². The lowest BCUT2D eigenvalue weighted by molar-refractivity contribution is -0.136. The average Bonchev–Trinajstić information content (AvgIpc) is 2.33. The first kappa shape index (κ1) is 11.8. The second-order valence-electron chi connectivity index (χ2n) is 4.03. The quantitative estimate of drug-likeness (QED) is 0.763. The van der Waals surface area contributed by atoms with Gasteiger partial charge in [0, 0.05) is 6.54 Å². The molecule has 0 unspecified atom stereocenters. The van der Waals surface area contributed by atoms with E-state index in [4.69, 9.17) is 10.00 Å². The Balaban J connectivity index is 2.91. The predicted octanol–water partition coefficient (Wildman–Crippen LogP) is 1.23. The number of aliphatic hydroxyl groups is 1. The molecular weight excluding hydrogens is 196 g/mol. The molecule has 0 aromatic rings. The first-order chi connectivity index (χ1) is 6.89. The maximum atomic E-state index is 11.5. The molecule has 0 radical (unpaired) electrons. The van der Waals surface area contributed by atoms with Gasteiger partial charge in [0.2, 0.25) is 0 Å². The van der Waals surface area contributed by atoms with Gasteiger partial charge in [-0.3, -0.25) is 4.90 Å². The van der Waals surface area contributed by atoms with Crippen LogP contribution in [-0.4, -0.2) is 34.0 Å². The minimum atomic E-state index is -1.35. The topological polar surface area (TPSA) is 73.6 Å². The molecule has 5 heteroatoms. The van der Waals surface area contributed by atoms with Crippen molar-refractivity contribution in [2.75, 3.05) is 6.54 Å². The lowest BCUT2D eigenvalue weighted by Crippen LogP contribution is -2.54. The van der Waals surface area contributed by atoms with Gasteiger partial charge < -0.3 is 9.84 Å². The van der Waals surface area contributed by atoms with Crippen LogP contribution >= 0.6 is 0 Å². The van der Waals surface area contributed by atoms with Gasteiger partial charge in [-0.2, -0.15) is 5.26 Å². The zero-order chi connectivity index (χ0) is 11.7. The molecule has 0 bridgehead atoms. The van der Waals surface area contributed by atoms with E-state index in [0.717, 1.165) is 0 Å². The van der Waals surface area contributed by atoms with Gasteiger partial charge in [0.1, 0.15) is 0 Å². The van der Waals surface area contributed by atoms with E-state index in [9.17, 15) is 9.90 Å². The SMILES string of the molecule is CC[C@]1(C)OC(=O)N(CCC#N)[C@]1(C)O. The number of nitrogens with zero attached hydrogens (tertiary/aromatic N) is 2. The number of nitriles is 1. The van der Waals surface area contributed by atoms with E-state index < -0.39 is 17.4 Å². The molecule has 1 aliphatic rings. The summed E-state index contributed by atoms with van der Waals surface area (Å²) < 4.78 is 5.15. The summed E-state index contributed by atoms with van der Waals surface area (Å²) in [4.78, 5) is 12.7. The number of hydrogen-bond acceptors (Lipinski definition) is 4. The number of cyclic esters (lactones) is 1. The summed E-state index contributed by atoms with van der Waals surface area (Å²) >= 11 is 0. The van der Waals surface area contributed by atoms with Crippen LogP contribution in [0.4, 0.5) is 4.79 Å². The molecule has 0 saturated carbocycles. The number of carbonyl (C=O) groups is 1. The fourth-order valence-corrected chi connectivity index (χ4v) is 1.69. The van der Waals surface area contributed by atoms with E-state index in [1.165, 1.54) is 4.90 Å². The number of ether oxygens (including phenoxy) is 1. The zero-order valence-corrected chi connectivity index (χ0v) is 9.28. The predicted molar refractivity (Wildman–Crippen MR) is 52.7 cm³/mol. The van der Waals surface area contributed by atoms with E-state index in [1.54, 1.807) is 13.8 Å². The van der Waals surface area contributed by atoms with Crippen LogP contribution in [0.3, 0.4) is 0 Å². The van der Waals surface area contributed by atoms with Crippen molar-refractivity contribution in [3.8, 4) is 6.07 Å². The summed E-state index contributed by atoms with van der Waals surface area (Å²) in [5.41, 5.74) is -2.25. The number of carbonyl (C=O) groups excluding carboxylic acids is 1. The van der Waals surface area contributed by atoms with E-state index in [-0.39, 0.29) is 13.0 Å². The molecule has 1 heterocycles. The molecule has 1 rings (SSSR count). The highest BCUT2D eigenvalue weighted by Gasteiger charge is 2.57. The molecule has 2 atom stereocenters. The van der Waals surface area contributed by atoms with Crippen molar-refractivity contribution in [1.29, 1.82) is 5.26 Å². The van der Waals surface area contributed by atoms with Crippen LogP contribution in [0.1, 0.15) is 33.6 Å². The fraction of sp³-hybridized carbons (Fsp3) is 0.800. The van der Waals surface area contributed by atoms with Gasteiger partial charge in [-0.15, -0.1) is 0 Å². The Morgan fingerprint density at radius 2 is 2.20 bits per heavy atom. The molecule has 1 aliphatic heterocycles. The highest BCUT2D eigenvalue weighted by molar-refractivity contribution is 5.72. The monoisotopic (exact) mass is 212 g/mol. The van der Waals surface area contributed by atoms with Gasteiger partial charge >= 0.3 is 6.09 Å². The summed E-state index contributed by atoms with van der Waals surface area (Å²) in [5.74, 6) is 0. The van der Waals surface area contributed by atoms with Gasteiger partial charge in [0.05, 0.1) is 12.5 Å². The second-order valence-corrected chi connectivity index (χ2v) is 4.03. The summed E-state index contributed by atoms with van der Waals surface area (Å²) in [6, 6.07) is 1.94. The molecule has 1 saturated heterocycles. The Kier molecular flexibility index (Phi) is 2.91. The Morgan fingerprint density at radius 3 is 2.60 bits per heavy atom. The van der Waals surface area contributed by atoms with Gasteiger partial charge in [-0.05, 0) is 20.3 Å². The highest BCUT2D eigenvalue weighted by atomic mass is 16.6. The van der Waals surface area contributed by atoms with Gasteiger partial charge in [-0.25, -0.2) is 4.79 Å². The Labute approximate surface area is 89.2 Å². The van der Waals surface area contributed by atoms with Gasteiger partial charge in [-0.1, -0.05) is 6.92 Å². The second kappa shape index (κ2) is 3.70. The van der Waals surface area contributed by atoms with Crippen molar-refractivity contribution in [1.82, 2.24) is 4.90 Å². The molecule has 1 fully saturated rings. The van der Waals surface area contributed by atoms with Crippen LogP contribution in [0.25, 0.3) is 0 Å². The summed E-state index contributed by atoms with van der Waals surface area (Å²) in [5, 5.41) is 18.7. The first-order valence-corrected chi connectivity index (χ1v) is 4.99. The molecule has 84 valence electrons. The maximum Gasteiger partial charge on any atom is 0.412 e. The van der Waals surface area contributed by atoms with Crippen LogP contribution in [0.2, 0.25) is 0 Å². The maximum absolute atomic E-state index is 11.5. The van der Waals surface area contributed by atoms with E-state index in [1.807, 2.05) is 13.0 Å².